The first-order chi connectivity index (χ1) is 18.5. The number of alkyl halides is 6. The Hall–Kier alpha value is -3.85. The minimum Gasteiger partial charge on any atom is -0.409 e. The van der Waals surface area contributed by atoms with E-state index in [9.17, 15) is 46.2 Å². The van der Waals surface area contributed by atoms with Gasteiger partial charge in [-0.05, 0) is 42.8 Å². The van der Waals surface area contributed by atoms with Crippen LogP contribution in [0, 0.1) is 0 Å². The number of aromatic nitrogens is 3. The van der Waals surface area contributed by atoms with Crippen LogP contribution in [0.25, 0.3) is 11.4 Å². The van der Waals surface area contributed by atoms with Gasteiger partial charge in [-0.2, -0.15) is 26.3 Å². The molecular weight excluding hydrogens is 572 g/mol. The standard InChI is InChI=1S/C24H22ClF6N5O4/c1-22(20(32)34-40,14-3-2-4-15(9-14)23(26,27)28)10-17(37)11-36-21(39)35(12-18(38)24(29,30)31)19(33-36)13-5-7-16(25)8-6-13/h2-9,18,38,40H,10-12H2,1H3,(H2,32,34)/t18-,22+/m0/s1. The van der Waals surface area contributed by atoms with Crippen molar-refractivity contribution in [2.75, 3.05) is 0 Å². The Morgan fingerprint density at radius 1 is 1.10 bits per heavy atom. The number of carbonyl (C=O) groups is 1. The molecular formula is C24H22ClF6N5O4. The lowest BCUT2D eigenvalue weighted by Gasteiger charge is -2.28. The highest BCUT2D eigenvalue weighted by Crippen LogP contribution is 2.35. The average Bonchev–Trinajstić information content (AvgIpc) is 3.17. The first-order valence-electron chi connectivity index (χ1n) is 11.3. The van der Waals surface area contributed by atoms with Gasteiger partial charge in [-0.1, -0.05) is 35.0 Å². The van der Waals surface area contributed by atoms with Gasteiger partial charge in [-0.3, -0.25) is 9.36 Å². The summed E-state index contributed by atoms with van der Waals surface area (Å²) in [6, 6.07) is 9.30. The van der Waals surface area contributed by atoms with Gasteiger partial charge in [0.25, 0.3) is 0 Å². The number of aliphatic hydroxyl groups excluding tert-OH is 1. The Bertz CT molecular complexity index is 1470. The minimum absolute atomic E-state index is 0.126. The molecule has 0 bridgehead atoms. The van der Waals surface area contributed by atoms with Crippen molar-refractivity contribution in [1.29, 1.82) is 0 Å². The molecule has 3 rings (SSSR count). The topological polar surface area (TPSA) is 136 Å². The molecule has 0 aliphatic carbocycles. The number of hydrogen-bond acceptors (Lipinski definition) is 6. The number of nitrogens with two attached hydrogens (primary N) is 1. The number of amidine groups is 1. The fourth-order valence-corrected chi connectivity index (χ4v) is 4.03. The number of halogens is 7. The average molecular weight is 594 g/mol. The molecule has 0 aliphatic heterocycles. The molecule has 0 unspecified atom stereocenters. The lowest BCUT2D eigenvalue weighted by atomic mass is 9.76. The van der Waals surface area contributed by atoms with E-state index in [1.807, 2.05) is 0 Å². The fraction of sp³-hybridized carbons (Fsp3) is 0.333. The summed E-state index contributed by atoms with van der Waals surface area (Å²) >= 11 is 5.84. The van der Waals surface area contributed by atoms with E-state index in [1.54, 1.807) is 0 Å². The summed E-state index contributed by atoms with van der Waals surface area (Å²) in [5.74, 6) is -1.75. The van der Waals surface area contributed by atoms with Gasteiger partial charge in [0.1, 0.15) is 12.4 Å². The zero-order valence-corrected chi connectivity index (χ0v) is 21.3. The monoisotopic (exact) mass is 593 g/mol. The van der Waals surface area contributed by atoms with Crippen molar-refractivity contribution in [3.63, 3.8) is 0 Å². The third kappa shape index (κ3) is 6.65. The van der Waals surface area contributed by atoms with Crippen LogP contribution in [0.2, 0.25) is 5.02 Å². The molecule has 0 spiro atoms. The molecule has 0 saturated carbocycles. The molecule has 40 heavy (non-hydrogen) atoms. The summed E-state index contributed by atoms with van der Waals surface area (Å²) in [7, 11) is 0. The lowest BCUT2D eigenvalue weighted by molar-refractivity contribution is -0.207. The van der Waals surface area contributed by atoms with Crippen molar-refractivity contribution in [1.82, 2.24) is 14.3 Å². The highest BCUT2D eigenvalue weighted by molar-refractivity contribution is 6.30. The highest BCUT2D eigenvalue weighted by atomic mass is 35.5. The molecule has 0 radical (unpaired) electrons. The van der Waals surface area contributed by atoms with Crippen molar-refractivity contribution in [2.24, 2.45) is 10.9 Å². The number of rotatable bonds is 9. The lowest BCUT2D eigenvalue weighted by Crippen LogP contribution is -2.42. The summed E-state index contributed by atoms with van der Waals surface area (Å²) in [4.78, 5) is 26.1. The summed E-state index contributed by atoms with van der Waals surface area (Å²) in [5, 5.41) is 25.9. The second-order valence-corrected chi connectivity index (χ2v) is 9.49. The van der Waals surface area contributed by atoms with E-state index < -0.39 is 66.3 Å². The second-order valence-electron chi connectivity index (χ2n) is 9.05. The van der Waals surface area contributed by atoms with E-state index in [2.05, 4.69) is 10.3 Å². The summed E-state index contributed by atoms with van der Waals surface area (Å²) in [6.07, 6.45) is -13.4. The Morgan fingerprint density at radius 2 is 1.70 bits per heavy atom. The van der Waals surface area contributed by atoms with Crippen LogP contribution in [0.3, 0.4) is 0 Å². The van der Waals surface area contributed by atoms with Crippen molar-refractivity contribution in [3.05, 3.63) is 75.2 Å². The molecule has 2 atom stereocenters. The molecule has 9 nitrogen and oxygen atoms in total. The zero-order valence-electron chi connectivity index (χ0n) is 20.5. The number of Topliss-reactive ketones (excluding diaryl/α,β-unsaturated/α-hetero) is 1. The second kappa shape index (κ2) is 11.3. The molecule has 2 aromatic carbocycles. The van der Waals surface area contributed by atoms with Crippen molar-refractivity contribution < 1.29 is 41.5 Å². The molecule has 0 saturated heterocycles. The van der Waals surface area contributed by atoms with Gasteiger partial charge in [0.15, 0.2) is 17.7 Å². The van der Waals surface area contributed by atoms with Crippen LogP contribution >= 0.6 is 11.6 Å². The fourth-order valence-electron chi connectivity index (χ4n) is 3.90. The number of ketones is 1. The van der Waals surface area contributed by atoms with Crippen LogP contribution in [-0.4, -0.2) is 48.6 Å². The van der Waals surface area contributed by atoms with E-state index >= 15 is 0 Å². The SMILES string of the molecule is C[C@](CC(=O)Cn1nc(-c2ccc(Cl)cc2)n(C[C@H](O)C(F)(F)F)c1=O)(/C(N)=N/O)c1cccc(C(F)(F)F)c1. The van der Waals surface area contributed by atoms with E-state index in [-0.39, 0.29) is 22.0 Å². The minimum atomic E-state index is -5.07. The van der Waals surface area contributed by atoms with Crippen LogP contribution in [-0.2, 0) is 29.5 Å². The zero-order chi connectivity index (χ0) is 30.0. The smallest absolute Gasteiger partial charge is 0.409 e. The molecule has 1 heterocycles. The number of carbonyl (C=O) groups excluding carboxylic acids is 1. The van der Waals surface area contributed by atoms with Crippen LogP contribution in [0.4, 0.5) is 26.3 Å². The van der Waals surface area contributed by atoms with E-state index in [1.165, 1.54) is 37.3 Å². The summed E-state index contributed by atoms with van der Waals surface area (Å²) < 4.78 is 80.1. The molecule has 0 fully saturated rings. The first-order valence-corrected chi connectivity index (χ1v) is 11.7. The van der Waals surface area contributed by atoms with Crippen LogP contribution in [0.1, 0.15) is 24.5 Å². The molecule has 4 N–H and O–H groups in total. The number of hydrogen-bond donors (Lipinski definition) is 3. The van der Waals surface area contributed by atoms with Gasteiger partial charge in [0.05, 0.1) is 17.5 Å². The number of aliphatic hydroxyl groups is 1. The van der Waals surface area contributed by atoms with Crippen molar-refractivity contribution >= 4 is 23.2 Å². The maximum atomic E-state index is 13.3. The van der Waals surface area contributed by atoms with E-state index in [0.717, 1.165) is 18.2 Å². The van der Waals surface area contributed by atoms with Crippen LogP contribution in [0.15, 0.2) is 58.5 Å². The van der Waals surface area contributed by atoms with Crippen molar-refractivity contribution in [2.45, 2.75) is 50.3 Å². The van der Waals surface area contributed by atoms with Gasteiger partial charge in [-0.15, -0.1) is 5.10 Å². The predicted octanol–water partition coefficient (Wildman–Crippen LogP) is 3.97. The Kier molecular flexibility index (Phi) is 8.69. The number of nitrogens with zero attached hydrogens (tertiary/aromatic N) is 4. The molecule has 3 aromatic rings. The third-order valence-electron chi connectivity index (χ3n) is 6.14. The number of oxime groups is 1. The Labute approximate surface area is 227 Å². The third-order valence-corrected chi connectivity index (χ3v) is 6.39. The van der Waals surface area contributed by atoms with Gasteiger partial charge in [-0.25, -0.2) is 9.48 Å². The Balaban J connectivity index is 2.01. The van der Waals surface area contributed by atoms with E-state index in [4.69, 9.17) is 17.3 Å². The van der Waals surface area contributed by atoms with Gasteiger partial charge < -0.3 is 16.0 Å². The maximum absolute atomic E-state index is 13.3. The summed E-state index contributed by atoms with van der Waals surface area (Å²) in [6.45, 7) is -0.821. The highest BCUT2D eigenvalue weighted by Gasteiger charge is 2.40. The van der Waals surface area contributed by atoms with Crippen molar-refractivity contribution in [3.8, 4) is 11.4 Å². The quantitative estimate of drug-likeness (QED) is 0.113. The van der Waals surface area contributed by atoms with Crippen LogP contribution < -0.4 is 11.4 Å². The molecule has 1 aromatic heterocycles. The largest absolute Gasteiger partial charge is 0.416 e. The maximum Gasteiger partial charge on any atom is 0.416 e. The van der Waals surface area contributed by atoms with E-state index in [0.29, 0.717) is 9.25 Å². The normalized spacial score (nSPS) is 15.1. The summed E-state index contributed by atoms with van der Waals surface area (Å²) in [5.41, 5.74) is 1.78. The Morgan fingerprint density at radius 3 is 2.25 bits per heavy atom. The van der Waals surface area contributed by atoms with Gasteiger partial charge in [0, 0.05) is 17.0 Å². The predicted molar refractivity (Wildman–Crippen MR) is 131 cm³/mol. The van der Waals surface area contributed by atoms with Crippen LogP contribution in [0.5, 0.6) is 0 Å². The molecule has 216 valence electrons. The molecule has 0 amide bonds. The molecule has 0 aliphatic rings. The molecule has 16 heteroatoms. The first kappa shape index (κ1) is 30.7. The van der Waals surface area contributed by atoms with Gasteiger partial charge >= 0.3 is 18.0 Å². The van der Waals surface area contributed by atoms with Gasteiger partial charge in [0.2, 0.25) is 0 Å². The number of benzene rings is 2.